The van der Waals surface area contributed by atoms with Gasteiger partial charge in [-0.25, -0.2) is 0 Å². The van der Waals surface area contributed by atoms with Crippen molar-refractivity contribution in [2.45, 2.75) is 25.7 Å². The highest BCUT2D eigenvalue weighted by Gasteiger charge is 2.23. The van der Waals surface area contributed by atoms with Crippen LogP contribution < -0.4 is 0 Å². The van der Waals surface area contributed by atoms with Gasteiger partial charge in [0.1, 0.15) is 0 Å². The van der Waals surface area contributed by atoms with Crippen LogP contribution in [-0.2, 0) is 4.74 Å². The summed E-state index contributed by atoms with van der Waals surface area (Å²) in [6.45, 7) is 1.96. The van der Waals surface area contributed by atoms with Crippen LogP contribution in [0, 0.1) is 0 Å². The van der Waals surface area contributed by atoms with E-state index in [-0.39, 0.29) is 6.23 Å². The minimum Gasteiger partial charge on any atom is -0.388 e. The van der Waals surface area contributed by atoms with E-state index >= 15 is 0 Å². The highest BCUT2D eigenvalue weighted by Crippen LogP contribution is 2.33. The van der Waals surface area contributed by atoms with Crippen molar-refractivity contribution in [1.29, 1.82) is 0 Å². The molecule has 3 nitrogen and oxygen atoms in total. The predicted octanol–water partition coefficient (Wildman–Crippen LogP) is 3.71. The third kappa shape index (κ3) is 1.90. The number of aliphatic hydroxyl groups excluding tert-OH is 1. The minimum absolute atomic E-state index is 0.371. The van der Waals surface area contributed by atoms with Gasteiger partial charge >= 0.3 is 0 Å². The van der Waals surface area contributed by atoms with E-state index < -0.39 is 6.10 Å². The van der Waals surface area contributed by atoms with E-state index in [2.05, 4.69) is 28.8 Å². The molecule has 20 heavy (non-hydrogen) atoms. The molecule has 0 aliphatic rings. The van der Waals surface area contributed by atoms with Gasteiger partial charge in [0.2, 0.25) is 0 Å². The number of nitrogens with zero attached hydrogens (tertiary/aromatic N) is 1. The van der Waals surface area contributed by atoms with E-state index in [1.807, 2.05) is 31.2 Å². The lowest BCUT2D eigenvalue weighted by molar-refractivity contribution is -0.0542. The van der Waals surface area contributed by atoms with Crippen LogP contribution in [0.25, 0.3) is 21.8 Å². The van der Waals surface area contributed by atoms with Crippen LogP contribution in [0.2, 0.25) is 0 Å². The Morgan fingerprint density at radius 2 is 1.50 bits per heavy atom. The molecule has 0 unspecified atom stereocenters. The van der Waals surface area contributed by atoms with Crippen molar-refractivity contribution in [2.75, 3.05) is 7.11 Å². The molecule has 0 saturated heterocycles. The topological polar surface area (TPSA) is 34.4 Å². The molecule has 3 aromatic rings. The van der Waals surface area contributed by atoms with E-state index in [9.17, 15) is 5.11 Å². The van der Waals surface area contributed by atoms with Gasteiger partial charge in [0.05, 0.1) is 17.1 Å². The molecular weight excluding hydrogens is 250 g/mol. The second-order valence-corrected chi connectivity index (χ2v) is 5.01. The summed E-state index contributed by atoms with van der Waals surface area (Å²) in [4.78, 5) is 0. The van der Waals surface area contributed by atoms with Gasteiger partial charge in [0, 0.05) is 17.9 Å². The number of hydrogen-bond donors (Lipinski definition) is 1. The Morgan fingerprint density at radius 1 is 1.00 bits per heavy atom. The molecule has 1 heterocycles. The number of aromatic nitrogens is 1. The van der Waals surface area contributed by atoms with Gasteiger partial charge in [-0.15, -0.1) is 0 Å². The zero-order chi connectivity index (χ0) is 14.1. The first-order chi connectivity index (χ1) is 9.77. The first kappa shape index (κ1) is 13.2. The Kier molecular flexibility index (Phi) is 3.47. The second kappa shape index (κ2) is 5.27. The van der Waals surface area contributed by atoms with Crippen molar-refractivity contribution in [3.05, 3.63) is 48.5 Å². The predicted molar refractivity (Wildman–Crippen MR) is 81.8 cm³/mol. The van der Waals surface area contributed by atoms with Crippen LogP contribution in [-0.4, -0.2) is 22.9 Å². The van der Waals surface area contributed by atoms with Crippen molar-refractivity contribution in [3.8, 4) is 0 Å². The average molecular weight is 269 g/mol. The van der Waals surface area contributed by atoms with Crippen molar-refractivity contribution in [1.82, 2.24) is 4.57 Å². The lowest BCUT2D eigenvalue weighted by atomic mass is 10.2. The molecule has 104 valence electrons. The normalized spacial score (nSPS) is 14.8. The molecule has 1 aromatic heterocycles. The molecule has 2 atom stereocenters. The highest BCUT2D eigenvalue weighted by molar-refractivity contribution is 6.08. The standard InChI is InChI=1S/C17H19NO2/c1-3-16(19)17(20-2)18-14-10-6-4-8-12(14)13-9-5-7-11-15(13)18/h4-11,16-17,19H,3H2,1-2H3/t16-,17-/m1/s1. The van der Waals surface area contributed by atoms with Gasteiger partial charge < -0.3 is 14.4 Å². The second-order valence-electron chi connectivity index (χ2n) is 5.01. The molecule has 1 N–H and O–H groups in total. The van der Waals surface area contributed by atoms with Crippen molar-refractivity contribution >= 4 is 21.8 Å². The van der Waals surface area contributed by atoms with Crippen molar-refractivity contribution < 1.29 is 9.84 Å². The lowest BCUT2D eigenvalue weighted by Gasteiger charge is -2.24. The number of aliphatic hydroxyl groups is 1. The van der Waals surface area contributed by atoms with E-state index in [0.717, 1.165) is 11.0 Å². The minimum atomic E-state index is -0.529. The van der Waals surface area contributed by atoms with E-state index in [4.69, 9.17) is 4.74 Å². The average Bonchev–Trinajstić information content (AvgIpc) is 2.83. The van der Waals surface area contributed by atoms with Crippen LogP contribution >= 0.6 is 0 Å². The molecule has 3 heteroatoms. The van der Waals surface area contributed by atoms with Gasteiger partial charge in [-0.05, 0) is 18.6 Å². The van der Waals surface area contributed by atoms with E-state index in [1.54, 1.807) is 7.11 Å². The maximum Gasteiger partial charge on any atom is 0.160 e. The van der Waals surface area contributed by atoms with E-state index in [1.165, 1.54) is 10.8 Å². The summed E-state index contributed by atoms with van der Waals surface area (Å²) in [6.07, 6.45) is -0.247. The largest absolute Gasteiger partial charge is 0.388 e. The first-order valence-electron chi connectivity index (χ1n) is 6.96. The molecule has 0 fully saturated rings. The van der Waals surface area contributed by atoms with Crippen LogP contribution in [0.5, 0.6) is 0 Å². The fourth-order valence-corrected chi connectivity index (χ4v) is 2.86. The van der Waals surface area contributed by atoms with Gasteiger partial charge in [-0.2, -0.15) is 0 Å². The Morgan fingerprint density at radius 3 is 1.95 bits per heavy atom. The third-order valence-electron chi connectivity index (χ3n) is 3.86. The molecule has 0 saturated carbocycles. The van der Waals surface area contributed by atoms with E-state index in [0.29, 0.717) is 6.42 Å². The van der Waals surface area contributed by atoms with Crippen LogP contribution in [0.1, 0.15) is 19.6 Å². The Bertz CT molecular complexity index is 679. The fraction of sp³-hybridized carbons (Fsp3) is 0.294. The Hall–Kier alpha value is -1.84. The van der Waals surface area contributed by atoms with Crippen LogP contribution in [0.15, 0.2) is 48.5 Å². The molecule has 0 radical (unpaired) electrons. The molecule has 0 bridgehead atoms. The van der Waals surface area contributed by atoms with Crippen molar-refractivity contribution in [2.24, 2.45) is 0 Å². The number of benzene rings is 2. The molecule has 0 amide bonds. The first-order valence-corrected chi connectivity index (χ1v) is 6.96. The maximum atomic E-state index is 10.3. The number of hydrogen-bond acceptors (Lipinski definition) is 2. The summed E-state index contributed by atoms with van der Waals surface area (Å²) < 4.78 is 7.67. The third-order valence-corrected chi connectivity index (χ3v) is 3.86. The molecule has 3 rings (SSSR count). The number of ether oxygens (including phenoxy) is 1. The maximum absolute atomic E-state index is 10.3. The fourth-order valence-electron chi connectivity index (χ4n) is 2.86. The number of rotatable bonds is 4. The van der Waals surface area contributed by atoms with Gasteiger partial charge in [-0.1, -0.05) is 43.3 Å². The summed E-state index contributed by atoms with van der Waals surface area (Å²) >= 11 is 0. The summed E-state index contributed by atoms with van der Waals surface area (Å²) in [6, 6.07) is 16.5. The van der Waals surface area contributed by atoms with Gasteiger partial charge in [0.15, 0.2) is 6.23 Å². The molecule has 0 spiro atoms. The summed E-state index contributed by atoms with van der Waals surface area (Å²) in [7, 11) is 1.65. The Balaban J connectivity index is 2.36. The number of fused-ring (bicyclic) bond motifs is 3. The molecule has 0 aliphatic heterocycles. The quantitative estimate of drug-likeness (QED) is 0.783. The van der Waals surface area contributed by atoms with Crippen molar-refractivity contribution in [3.63, 3.8) is 0 Å². The van der Waals surface area contributed by atoms with Gasteiger partial charge in [-0.3, -0.25) is 0 Å². The highest BCUT2D eigenvalue weighted by atomic mass is 16.5. The lowest BCUT2D eigenvalue weighted by Crippen LogP contribution is -2.25. The zero-order valence-corrected chi connectivity index (χ0v) is 11.8. The smallest absolute Gasteiger partial charge is 0.160 e. The van der Waals surface area contributed by atoms with Crippen LogP contribution in [0.3, 0.4) is 0 Å². The Labute approximate surface area is 118 Å². The molecular formula is C17H19NO2. The zero-order valence-electron chi connectivity index (χ0n) is 11.8. The molecule has 2 aromatic carbocycles. The summed E-state index contributed by atoms with van der Waals surface area (Å²) in [5, 5.41) is 12.6. The SMILES string of the molecule is CC[C@@H](O)[C@@H](OC)n1c2ccccc2c2ccccc21. The van der Waals surface area contributed by atoms with Crippen LogP contribution in [0.4, 0.5) is 0 Å². The monoisotopic (exact) mass is 269 g/mol. The summed E-state index contributed by atoms with van der Waals surface area (Å²) in [5.41, 5.74) is 2.18. The number of para-hydroxylation sites is 2. The van der Waals surface area contributed by atoms with Gasteiger partial charge in [0.25, 0.3) is 0 Å². The number of methoxy groups -OCH3 is 1. The summed E-state index contributed by atoms with van der Waals surface area (Å²) in [5.74, 6) is 0. The molecule has 0 aliphatic carbocycles.